The third-order valence-electron chi connectivity index (χ3n) is 3.35. The molecule has 0 amide bonds. The first-order valence-corrected chi connectivity index (χ1v) is 8.31. The number of non-ortho nitro benzene ring substituents is 1. The van der Waals surface area contributed by atoms with E-state index in [4.69, 9.17) is 5.73 Å². The van der Waals surface area contributed by atoms with Crippen molar-refractivity contribution in [2.45, 2.75) is 6.92 Å². The van der Waals surface area contributed by atoms with Gasteiger partial charge in [-0.2, -0.15) is 0 Å². The number of nitrogens with one attached hydrogen (secondary N) is 1. The van der Waals surface area contributed by atoms with Crippen molar-refractivity contribution < 1.29 is 9.72 Å². The number of allylic oxidation sites excluding steroid dienone is 1. The molecule has 0 aliphatic heterocycles. The van der Waals surface area contributed by atoms with Crippen molar-refractivity contribution >= 4 is 34.6 Å². The molecule has 0 radical (unpaired) electrons. The van der Waals surface area contributed by atoms with Gasteiger partial charge in [0.25, 0.3) is 5.69 Å². The molecule has 2 aromatic rings. The van der Waals surface area contributed by atoms with Crippen LogP contribution in [-0.4, -0.2) is 17.0 Å². The monoisotopic (exact) mass is 343 g/mol. The number of carbonyl (C=O) groups excluding carboxylic acids is 1. The first kappa shape index (κ1) is 17.6. The number of benzene rings is 2. The van der Waals surface area contributed by atoms with Gasteiger partial charge in [0.05, 0.1) is 9.95 Å². The van der Waals surface area contributed by atoms with Crippen LogP contribution in [0.1, 0.15) is 15.9 Å². The van der Waals surface area contributed by atoms with E-state index in [2.05, 4.69) is 5.32 Å². The predicted octanol–water partition coefficient (Wildman–Crippen LogP) is 3.98. The Hall–Kier alpha value is -2.80. The van der Waals surface area contributed by atoms with Crippen LogP contribution in [0.2, 0.25) is 0 Å². The fourth-order valence-electron chi connectivity index (χ4n) is 2.06. The average Bonchev–Trinajstić information content (AvgIpc) is 2.56. The number of thioether (sulfide) groups is 1. The first-order valence-electron chi connectivity index (χ1n) is 7.08. The van der Waals surface area contributed by atoms with Crippen LogP contribution in [0.4, 0.5) is 17.1 Å². The van der Waals surface area contributed by atoms with Crippen LogP contribution < -0.4 is 11.1 Å². The number of nitro benzene ring substituents is 1. The van der Waals surface area contributed by atoms with E-state index in [9.17, 15) is 14.9 Å². The van der Waals surface area contributed by atoms with Crippen molar-refractivity contribution in [1.82, 2.24) is 0 Å². The van der Waals surface area contributed by atoms with Gasteiger partial charge < -0.3 is 11.1 Å². The highest BCUT2D eigenvalue weighted by Gasteiger charge is 2.09. The van der Waals surface area contributed by atoms with Crippen molar-refractivity contribution in [2.24, 2.45) is 0 Å². The molecule has 24 heavy (non-hydrogen) atoms. The number of nitrogen functional groups attached to an aromatic ring is 1. The zero-order valence-corrected chi connectivity index (χ0v) is 14.1. The second-order valence-electron chi connectivity index (χ2n) is 5.08. The Kier molecular flexibility index (Phi) is 5.59. The second-order valence-corrected chi connectivity index (χ2v) is 5.93. The van der Waals surface area contributed by atoms with E-state index in [-0.39, 0.29) is 11.5 Å². The second kappa shape index (κ2) is 7.65. The van der Waals surface area contributed by atoms with Crippen LogP contribution >= 0.6 is 11.8 Å². The summed E-state index contributed by atoms with van der Waals surface area (Å²) in [4.78, 5) is 22.5. The lowest BCUT2D eigenvalue weighted by Gasteiger charge is -2.11. The third kappa shape index (κ3) is 4.36. The van der Waals surface area contributed by atoms with E-state index >= 15 is 0 Å². The molecule has 7 heteroatoms. The minimum Gasteiger partial charge on any atom is -0.399 e. The van der Waals surface area contributed by atoms with Gasteiger partial charge >= 0.3 is 0 Å². The molecule has 0 heterocycles. The van der Waals surface area contributed by atoms with E-state index in [0.717, 1.165) is 11.3 Å². The fourth-order valence-corrected chi connectivity index (χ4v) is 2.49. The molecule has 0 saturated heterocycles. The summed E-state index contributed by atoms with van der Waals surface area (Å²) in [5.41, 5.74) is 8.59. The summed E-state index contributed by atoms with van der Waals surface area (Å²) in [6.45, 7) is 1.93. The Morgan fingerprint density at radius 3 is 2.46 bits per heavy atom. The molecule has 0 spiro atoms. The minimum absolute atomic E-state index is 0.0451. The standard InChI is InChI=1S/C17H17N3O3S/c1-11-9-13(18)5-8-15(11)19-17(24-2)10-16(21)12-3-6-14(7-4-12)20(22)23/h3-10,19H,18H2,1-2H3/b17-10-. The maximum atomic E-state index is 12.3. The molecule has 124 valence electrons. The maximum absolute atomic E-state index is 12.3. The normalized spacial score (nSPS) is 11.2. The Labute approximate surface area is 143 Å². The molecule has 2 rings (SSSR count). The largest absolute Gasteiger partial charge is 0.399 e. The smallest absolute Gasteiger partial charge is 0.269 e. The lowest BCUT2D eigenvalue weighted by atomic mass is 10.1. The molecule has 0 aromatic heterocycles. The van der Waals surface area contributed by atoms with Crippen LogP contribution in [0.25, 0.3) is 0 Å². The highest BCUT2D eigenvalue weighted by atomic mass is 32.2. The molecule has 0 unspecified atom stereocenters. The summed E-state index contributed by atoms with van der Waals surface area (Å²) >= 11 is 1.40. The summed E-state index contributed by atoms with van der Waals surface area (Å²) in [6, 6.07) is 11.0. The van der Waals surface area contributed by atoms with E-state index < -0.39 is 4.92 Å². The van der Waals surface area contributed by atoms with E-state index in [1.807, 2.05) is 25.3 Å². The Bertz CT molecular complexity index is 801. The van der Waals surface area contributed by atoms with Gasteiger partial charge in [-0.05, 0) is 49.1 Å². The van der Waals surface area contributed by atoms with Crippen molar-refractivity contribution in [3.05, 3.63) is 74.8 Å². The molecular formula is C17H17N3O3S. The molecule has 2 aromatic carbocycles. The molecular weight excluding hydrogens is 326 g/mol. The van der Waals surface area contributed by atoms with Crippen molar-refractivity contribution in [3.8, 4) is 0 Å². The number of ketones is 1. The van der Waals surface area contributed by atoms with Gasteiger partial charge in [0.15, 0.2) is 5.78 Å². The SMILES string of the molecule is CS/C(=C\C(=O)c1ccc([N+](=O)[O-])cc1)Nc1ccc(N)cc1C. The number of aryl methyl sites for hydroxylation is 1. The van der Waals surface area contributed by atoms with E-state index in [1.54, 1.807) is 6.07 Å². The lowest BCUT2D eigenvalue weighted by Crippen LogP contribution is -2.03. The summed E-state index contributed by atoms with van der Waals surface area (Å²) in [5, 5.41) is 14.5. The molecule has 0 aliphatic rings. The van der Waals surface area contributed by atoms with Crippen molar-refractivity contribution in [1.29, 1.82) is 0 Å². The van der Waals surface area contributed by atoms with Gasteiger partial charge in [-0.15, -0.1) is 11.8 Å². The highest BCUT2D eigenvalue weighted by Crippen LogP contribution is 2.23. The molecule has 6 nitrogen and oxygen atoms in total. The fraction of sp³-hybridized carbons (Fsp3) is 0.118. The number of hydrogen-bond acceptors (Lipinski definition) is 6. The summed E-state index contributed by atoms with van der Waals surface area (Å²) in [6.07, 6.45) is 3.33. The van der Waals surface area contributed by atoms with Crippen LogP contribution in [-0.2, 0) is 0 Å². The number of nitrogens with zero attached hydrogens (tertiary/aromatic N) is 1. The highest BCUT2D eigenvalue weighted by molar-refractivity contribution is 8.02. The Balaban J connectivity index is 2.19. The molecule has 0 saturated carbocycles. The lowest BCUT2D eigenvalue weighted by molar-refractivity contribution is -0.384. The zero-order valence-electron chi connectivity index (χ0n) is 13.3. The number of anilines is 2. The first-order chi connectivity index (χ1) is 11.4. The molecule has 0 aliphatic carbocycles. The number of hydrogen-bond donors (Lipinski definition) is 2. The third-order valence-corrected chi connectivity index (χ3v) is 4.01. The van der Waals surface area contributed by atoms with E-state index in [0.29, 0.717) is 16.3 Å². The van der Waals surface area contributed by atoms with Gasteiger partial charge in [0, 0.05) is 35.1 Å². The van der Waals surface area contributed by atoms with Crippen LogP contribution in [0.5, 0.6) is 0 Å². The molecule has 3 N–H and O–H groups in total. The number of rotatable bonds is 6. The molecule has 0 atom stereocenters. The quantitative estimate of drug-likeness (QED) is 0.271. The van der Waals surface area contributed by atoms with Crippen molar-refractivity contribution in [3.63, 3.8) is 0 Å². The summed E-state index contributed by atoms with van der Waals surface area (Å²) in [5.74, 6) is -0.227. The Morgan fingerprint density at radius 2 is 1.92 bits per heavy atom. The minimum atomic E-state index is -0.497. The topological polar surface area (TPSA) is 98.3 Å². The van der Waals surface area contributed by atoms with Crippen LogP contribution in [0, 0.1) is 17.0 Å². The van der Waals surface area contributed by atoms with Crippen LogP contribution in [0.3, 0.4) is 0 Å². The van der Waals surface area contributed by atoms with Gasteiger partial charge in [0.2, 0.25) is 0 Å². The van der Waals surface area contributed by atoms with Crippen LogP contribution in [0.15, 0.2) is 53.6 Å². The molecule has 0 bridgehead atoms. The van der Waals surface area contributed by atoms with Gasteiger partial charge in [-0.3, -0.25) is 14.9 Å². The van der Waals surface area contributed by atoms with Crippen molar-refractivity contribution in [2.75, 3.05) is 17.3 Å². The molecule has 0 fully saturated rings. The van der Waals surface area contributed by atoms with Gasteiger partial charge in [-0.25, -0.2) is 0 Å². The number of nitro groups is 1. The number of carbonyl (C=O) groups is 1. The Morgan fingerprint density at radius 1 is 1.25 bits per heavy atom. The summed E-state index contributed by atoms with van der Waals surface area (Å²) in [7, 11) is 0. The summed E-state index contributed by atoms with van der Waals surface area (Å²) < 4.78 is 0. The number of nitrogens with two attached hydrogens (primary N) is 1. The predicted molar refractivity (Wildman–Crippen MR) is 98.2 cm³/mol. The van der Waals surface area contributed by atoms with E-state index in [1.165, 1.54) is 42.1 Å². The maximum Gasteiger partial charge on any atom is 0.269 e. The zero-order chi connectivity index (χ0) is 17.7. The van der Waals surface area contributed by atoms with Gasteiger partial charge in [0.1, 0.15) is 0 Å². The average molecular weight is 343 g/mol. The van der Waals surface area contributed by atoms with Gasteiger partial charge in [-0.1, -0.05) is 0 Å².